The Bertz CT molecular complexity index is 374. The molecule has 0 amide bonds. The maximum atomic E-state index is 9.21. The molecule has 3 N–H and O–H groups in total. The van der Waals surface area contributed by atoms with E-state index in [1.807, 2.05) is 12.1 Å². The van der Waals surface area contributed by atoms with Crippen LogP contribution in [0.5, 0.6) is 5.75 Å². The van der Waals surface area contributed by atoms with Crippen molar-refractivity contribution in [3.05, 3.63) is 26.6 Å². The number of methoxy groups -OCH3 is 1. The first-order valence-electron chi connectivity index (χ1n) is 5.10. The zero-order valence-corrected chi connectivity index (χ0v) is 12.6. The number of hydrogen-bond acceptors (Lipinski definition) is 4. The smallest absolute Gasteiger partial charge is 0.137 e. The van der Waals surface area contributed by atoms with Gasteiger partial charge in [0.05, 0.1) is 24.3 Å². The molecule has 1 aromatic rings. The molecule has 0 saturated carbocycles. The second kappa shape index (κ2) is 7.33. The Hall–Kier alpha value is -0.140. The van der Waals surface area contributed by atoms with Crippen LogP contribution in [0.1, 0.15) is 5.56 Å². The van der Waals surface area contributed by atoms with Gasteiger partial charge in [0, 0.05) is 23.1 Å². The molecule has 1 rings (SSSR count). The van der Waals surface area contributed by atoms with Crippen LogP contribution in [0.15, 0.2) is 21.1 Å². The number of nitrogens with one attached hydrogen (secondary N) is 1. The second-order valence-electron chi connectivity index (χ2n) is 3.55. The predicted octanol–water partition coefficient (Wildman–Crippen LogP) is 1.66. The molecule has 0 radical (unpaired) electrons. The van der Waals surface area contributed by atoms with Crippen molar-refractivity contribution < 1.29 is 14.9 Å². The van der Waals surface area contributed by atoms with Gasteiger partial charge in [-0.15, -0.1) is 0 Å². The fourth-order valence-corrected chi connectivity index (χ4v) is 2.89. The maximum Gasteiger partial charge on any atom is 0.137 e. The van der Waals surface area contributed by atoms with Crippen LogP contribution < -0.4 is 10.1 Å². The van der Waals surface area contributed by atoms with Gasteiger partial charge in [-0.3, -0.25) is 0 Å². The molecule has 0 aliphatic rings. The van der Waals surface area contributed by atoms with Crippen molar-refractivity contribution in [1.29, 1.82) is 0 Å². The van der Waals surface area contributed by atoms with E-state index in [0.717, 1.165) is 20.3 Å². The number of ether oxygens (including phenoxy) is 1. The zero-order valence-electron chi connectivity index (χ0n) is 9.41. The molecule has 0 aromatic heterocycles. The molecule has 1 aromatic carbocycles. The van der Waals surface area contributed by atoms with Crippen molar-refractivity contribution in [2.75, 3.05) is 20.3 Å². The predicted molar refractivity (Wildman–Crippen MR) is 73.2 cm³/mol. The van der Waals surface area contributed by atoms with Gasteiger partial charge < -0.3 is 20.3 Å². The summed E-state index contributed by atoms with van der Waals surface area (Å²) >= 11 is 6.83. The van der Waals surface area contributed by atoms with Gasteiger partial charge in [0.2, 0.25) is 0 Å². The number of rotatable bonds is 6. The summed E-state index contributed by atoms with van der Waals surface area (Å²) in [5.41, 5.74) is 0.971. The van der Waals surface area contributed by atoms with Crippen molar-refractivity contribution in [3.8, 4) is 5.75 Å². The van der Waals surface area contributed by atoms with Crippen molar-refractivity contribution in [1.82, 2.24) is 5.32 Å². The topological polar surface area (TPSA) is 61.7 Å². The summed E-state index contributed by atoms with van der Waals surface area (Å²) in [5, 5.41) is 21.0. The third-order valence-electron chi connectivity index (χ3n) is 2.20. The van der Waals surface area contributed by atoms with E-state index in [4.69, 9.17) is 9.84 Å². The van der Waals surface area contributed by atoms with Crippen molar-refractivity contribution >= 4 is 31.9 Å². The first-order valence-corrected chi connectivity index (χ1v) is 6.68. The Morgan fingerprint density at radius 1 is 1.41 bits per heavy atom. The minimum absolute atomic E-state index is 0.244. The number of hydrogen-bond donors (Lipinski definition) is 3. The minimum Gasteiger partial charge on any atom is -0.495 e. The van der Waals surface area contributed by atoms with E-state index in [1.165, 1.54) is 0 Å². The van der Waals surface area contributed by atoms with Gasteiger partial charge in [-0.1, -0.05) is 15.9 Å². The third kappa shape index (κ3) is 4.56. The van der Waals surface area contributed by atoms with Crippen LogP contribution in [0.2, 0.25) is 0 Å². The highest BCUT2D eigenvalue weighted by Gasteiger charge is 2.09. The Morgan fingerprint density at radius 3 is 2.71 bits per heavy atom. The van der Waals surface area contributed by atoms with Gasteiger partial charge in [0.15, 0.2) is 0 Å². The van der Waals surface area contributed by atoms with Crippen LogP contribution in [0, 0.1) is 0 Å². The Labute approximate surface area is 117 Å². The molecule has 0 saturated heterocycles. The molecule has 0 aliphatic heterocycles. The number of aliphatic hydroxyl groups excluding tert-OH is 2. The van der Waals surface area contributed by atoms with Gasteiger partial charge in [-0.05, 0) is 28.1 Å². The van der Waals surface area contributed by atoms with Gasteiger partial charge in [-0.2, -0.15) is 0 Å². The molecule has 1 atom stereocenters. The Morgan fingerprint density at radius 2 is 2.12 bits per heavy atom. The second-order valence-corrected chi connectivity index (χ2v) is 5.32. The van der Waals surface area contributed by atoms with Gasteiger partial charge in [0.1, 0.15) is 5.75 Å². The summed E-state index contributed by atoms with van der Waals surface area (Å²) in [5.74, 6) is 0.763. The third-order valence-corrected chi connectivity index (χ3v) is 3.24. The zero-order chi connectivity index (χ0) is 12.8. The van der Waals surface area contributed by atoms with E-state index >= 15 is 0 Å². The normalized spacial score (nSPS) is 12.5. The molecule has 0 fully saturated rings. The average molecular weight is 369 g/mol. The Kier molecular flexibility index (Phi) is 6.43. The molecule has 4 nitrogen and oxygen atoms in total. The van der Waals surface area contributed by atoms with Crippen LogP contribution >= 0.6 is 31.9 Å². The number of halogens is 2. The van der Waals surface area contributed by atoms with Crippen LogP contribution in [-0.2, 0) is 6.54 Å². The first kappa shape index (κ1) is 14.9. The van der Waals surface area contributed by atoms with Gasteiger partial charge >= 0.3 is 0 Å². The minimum atomic E-state index is -0.739. The summed E-state index contributed by atoms with van der Waals surface area (Å²) in [6.07, 6.45) is -0.739. The van der Waals surface area contributed by atoms with E-state index in [1.54, 1.807) is 7.11 Å². The van der Waals surface area contributed by atoms with Crippen molar-refractivity contribution in [2.24, 2.45) is 0 Å². The lowest BCUT2D eigenvalue weighted by molar-refractivity contribution is 0.0942. The van der Waals surface area contributed by atoms with E-state index in [-0.39, 0.29) is 6.61 Å². The molecule has 0 heterocycles. The van der Waals surface area contributed by atoms with Gasteiger partial charge in [-0.25, -0.2) is 0 Å². The van der Waals surface area contributed by atoms with Crippen LogP contribution in [0.25, 0.3) is 0 Å². The summed E-state index contributed by atoms with van der Waals surface area (Å²) in [7, 11) is 1.61. The van der Waals surface area contributed by atoms with Crippen molar-refractivity contribution in [2.45, 2.75) is 12.6 Å². The summed E-state index contributed by atoms with van der Waals surface area (Å²) < 4.78 is 7.11. The van der Waals surface area contributed by atoms with E-state index in [9.17, 15) is 5.11 Å². The van der Waals surface area contributed by atoms with E-state index < -0.39 is 6.10 Å². The van der Waals surface area contributed by atoms with Crippen molar-refractivity contribution in [3.63, 3.8) is 0 Å². The monoisotopic (exact) mass is 367 g/mol. The lowest BCUT2D eigenvalue weighted by Crippen LogP contribution is -2.29. The van der Waals surface area contributed by atoms with Crippen LogP contribution in [-0.4, -0.2) is 36.6 Å². The standard InChI is InChI=1S/C11H15Br2NO3/c1-17-11-7(2-8(12)3-10(11)13)4-14-5-9(16)6-15/h2-3,9,14-16H,4-6H2,1H3. The summed E-state index contributed by atoms with van der Waals surface area (Å²) in [6.45, 7) is 0.647. The molecule has 96 valence electrons. The first-order chi connectivity index (χ1) is 8.08. The lowest BCUT2D eigenvalue weighted by Gasteiger charge is -2.13. The molecular weight excluding hydrogens is 354 g/mol. The molecule has 17 heavy (non-hydrogen) atoms. The van der Waals surface area contributed by atoms with Gasteiger partial charge in [0.25, 0.3) is 0 Å². The highest BCUT2D eigenvalue weighted by molar-refractivity contribution is 9.11. The molecule has 0 bridgehead atoms. The fourth-order valence-electron chi connectivity index (χ4n) is 1.41. The average Bonchev–Trinajstić information content (AvgIpc) is 2.28. The number of aliphatic hydroxyl groups is 2. The molecule has 0 aliphatic carbocycles. The maximum absolute atomic E-state index is 9.21. The van der Waals surface area contributed by atoms with Crippen LogP contribution in [0.3, 0.4) is 0 Å². The van der Waals surface area contributed by atoms with Crippen LogP contribution in [0.4, 0.5) is 0 Å². The number of benzene rings is 1. The quantitative estimate of drug-likeness (QED) is 0.714. The molecule has 0 spiro atoms. The highest BCUT2D eigenvalue weighted by atomic mass is 79.9. The molecule has 6 heteroatoms. The van der Waals surface area contributed by atoms with E-state index in [2.05, 4.69) is 37.2 Å². The van der Waals surface area contributed by atoms with E-state index in [0.29, 0.717) is 13.1 Å². The fraction of sp³-hybridized carbons (Fsp3) is 0.455. The highest BCUT2D eigenvalue weighted by Crippen LogP contribution is 2.32. The molecule has 1 unspecified atom stereocenters. The largest absolute Gasteiger partial charge is 0.495 e. The summed E-state index contributed by atoms with van der Waals surface area (Å²) in [4.78, 5) is 0. The lowest BCUT2D eigenvalue weighted by atomic mass is 10.2. The Balaban J connectivity index is 2.69. The SMILES string of the molecule is COc1c(Br)cc(Br)cc1CNCC(O)CO. The molecular formula is C11H15Br2NO3. The summed E-state index contributed by atoms with van der Waals surface area (Å²) in [6, 6.07) is 3.85.